The average molecular weight is 188 g/mol. The van der Waals surface area contributed by atoms with Gasteiger partial charge in [0.25, 0.3) is 0 Å². The van der Waals surface area contributed by atoms with Gasteiger partial charge in [0.05, 0.1) is 5.70 Å². The molecule has 0 bridgehead atoms. The normalized spacial score (nSPS) is 20.6. The number of isocyanates is 2. The Bertz CT molecular complexity index is 408. The number of allylic oxidation sites excluding steroid dienone is 1. The smallest absolute Gasteiger partial charge is 0.211 e. The maximum absolute atomic E-state index is 10.1. The van der Waals surface area contributed by atoms with E-state index in [0.29, 0.717) is 17.7 Å². The molecule has 0 amide bonds. The molecule has 70 valence electrons. The molecule has 1 rings (SSSR count). The first-order valence-corrected chi connectivity index (χ1v) is 3.92. The third-order valence-electron chi connectivity index (χ3n) is 1.95. The molecule has 14 heavy (non-hydrogen) atoms. The fourth-order valence-electron chi connectivity index (χ4n) is 1.25. The van der Waals surface area contributed by atoms with Gasteiger partial charge in [-0.15, -0.1) is 0 Å². The van der Waals surface area contributed by atoms with Crippen LogP contribution in [0.3, 0.4) is 0 Å². The van der Waals surface area contributed by atoms with Gasteiger partial charge in [-0.1, -0.05) is 19.2 Å². The Hall–Kier alpha value is -2.02. The fourth-order valence-corrected chi connectivity index (χ4v) is 1.25. The minimum Gasteiger partial charge on any atom is -0.211 e. The molecule has 0 fully saturated rings. The topological polar surface area (TPSA) is 58.9 Å². The van der Waals surface area contributed by atoms with E-state index in [0.717, 1.165) is 5.57 Å². The van der Waals surface area contributed by atoms with Crippen molar-refractivity contribution in [2.45, 2.75) is 12.5 Å². The summed E-state index contributed by atoms with van der Waals surface area (Å²) in [5.41, 5.74) is 1.63. The van der Waals surface area contributed by atoms with Crippen molar-refractivity contribution in [3.8, 4) is 0 Å². The van der Waals surface area contributed by atoms with Crippen molar-refractivity contribution in [2.75, 3.05) is 0 Å². The van der Waals surface area contributed by atoms with Crippen LogP contribution in [0.25, 0.3) is 0 Å². The van der Waals surface area contributed by atoms with Crippen LogP contribution in [0.4, 0.5) is 0 Å². The molecule has 0 heterocycles. The molecule has 1 unspecified atom stereocenters. The molecule has 1 aliphatic carbocycles. The third-order valence-corrected chi connectivity index (χ3v) is 1.95. The van der Waals surface area contributed by atoms with Crippen molar-refractivity contribution in [1.82, 2.24) is 0 Å². The predicted octanol–water partition coefficient (Wildman–Crippen LogP) is 1.43. The minimum absolute atomic E-state index is 0.413. The maximum Gasteiger partial charge on any atom is 0.240 e. The standard InChI is InChI=1S/C10H8N2O2/c1-7-3-4-9(11-5-13)8(2)10(7)12-6-14/h4,10H,1-3H2. The van der Waals surface area contributed by atoms with E-state index in [-0.39, 0.29) is 0 Å². The van der Waals surface area contributed by atoms with Crippen LogP contribution in [0.5, 0.6) is 0 Å². The summed E-state index contributed by atoms with van der Waals surface area (Å²) >= 11 is 0. The summed E-state index contributed by atoms with van der Waals surface area (Å²) < 4.78 is 0. The van der Waals surface area contributed by atoms with Crippen LogP contribution in [0.1, 0.15) is 6.42 Å². The van der Waals surface area contributed by atoms with Gasteiger partial charge in [0.2, 0.25) is 12.2 Å². The maximum atomic E-state index is 10.1. The molecule has 4 nitrogen and oxygen atoms in total. The highest BCUT2D eigenvalue weighted by Gasteiger charge is 2.22. The summed E-state index contributed by atoms with van der Waals surface area (Å²) in [5.74, 6) is 0. The van der Waals surface area contributed by atoms with Crippen molar-refractivity contribution >= 4 is 12.2 Å². The molecule has 0 spiro atoms. The van der Waals surface area contributed by atoms with Crippen molar-refractivity contribution in [1.29, 1.82) is 0 Å². The van der Waals surface area contributed by atoms with E-state index in [9.17, 15) is 9.59 Å². The fraction of sp³-hybridized carbons (Fsp3) is 0.200. The van der Waals surface area contributed by atoms with E-state index < -0.39 is 6.04 Å². The van der Waals surface area contributed by atoms with Crippen molar-refractivity contribution in [2.24, 2.45) is 9.98 Å². The summed E-state index contributed by atoms with van der Waals surface area (Å²) in [6.45, 7) is 7.43. The highest BCUT2D eigenvalue weighted by Crippen LogP contribution is 2.28. The van der Waals surface area contributed by atoms with E-state index in [1.54, 1.807) is 6.08 Å². The zero-order chi connectivity index (χ0) is 10.6. The summed E-state index contributed by atoms with van der Waals surface area (Å²) in [7, 11) is 0. The SMILES string of the molecule is C=C1CC=C(N=C=O)C(=C)C1N=C=O. The molecule has 1 aliphatic rings. The van der Waals surface area contributed by atoms with Crippen LogP contribution in [-0.2, 0) is 9.59 Å². The Balaban J connectivity index is 3.08. The summed E-state index contributed by atoms with van der Waals surface area (Å²) in [4.78, 5) is 27.2. The molecule has 0 saturated heterocycles. The Kier molecular flexibility index (Phi) is 3.08. The van der Waals surface area contributed by atoms with Gasteiger partial charge in [-0.05, 0) is 12.0 Å². The predicted molar refractivity (Wildman–Crippen MR) is 51.0 cm³/mol. The second kappa shape index (κ2) is 4.28. The Morgan fingerprint density at radius 3 is 2.64 bits per heavy atom. The molecule has 0 saturated carbocycles. The molecule has 0 radical (unpaired) electrons. The van der Waals surface area contributed by atoms with Gasteiger partial charge in [0.1, 0.15) is 6.04 Å². The zero-order valence-electron chi connectivity index (χ0n) is 7.49. The number of hydrogen-bond donors (Lipinski definition) is 0. The number of nitrogens with zero attached hydrogens (tertiary/aromatic N) is 2. The minimum atomic E-state index is -0.510. The van der Waals surface area contributed by atoms with Gasteiger partial charge in [-0.3, -0.25) is 0 Å². The van der Waals surface area contributed by atoms with E-state index in [2.05, 4.69) is 23.1 Å². The molecule has 0 aliphatic heterocycles. The Labute approximate surface area is 81.1 Å². The second-order valence-corrected chi connectivity index (χ2v) is 2.80. The average Bonchev–Trinajstić information content (AvgIpc) is 2.17. The van der Waals surface area contributed by atoms with Crippen molar-refractivity contribution < 1.29 is 9.59 Å². The highest BCUT2D eigenvalue weighted by atomic mass is 16.1. The van der Waals surface area contributed by atoms with Gasteiger partial charge < -0.3 is 0 Å². The molecule has 0 aromatic rings. The van der Waals surface area contributed by atoms with E-state index >= 15 is 0 Å². The van der Waals surface area contributed by atoms with Crippen molar-refractivity contribution in [3.05, 3.63) is 36.1 Å². The molecule has 0 N–H and O–H groups in total. The number of hydrogen-bond acceptors (Lipinski definition) is 4. The number of rotatable bonds is 2. The second-order valence-electron chi connectivity index (χ2n) is 2.80. The van der Waals surface area contributed by atoms with Crippen LogP contribution in [0.2, 0.25) is 0 Å². The lowest BCUT2D eigenvalue weighted by Crippen LogP contribution is -2.15. The molecule has 0 aromatic heterocycles. The first-order chi connectivity index (χ1) is 6.70. The van der Waals surface area contributed by atoms with E-state index in [1.165, 1.54) is 12.2 Å². The van der Waals surface area contributed by atoms with Crippen LogP contribution in [0, 0.1) is 0 Å². The number of aliphatic imine (C=N–C) groups is 2. The van der Waals surface area contributed by atoms with Gasteiger partial charge in [0.15, 0.2) is 0 Å². The number of carbonyl (C=O) groups excluding carboxylic acids is 2. The van der Waals surface area contributed by atoms with Crippen LogP contribution in [0.15, 0.2) is 46.1 Å². The van der Waals surface area contributed by atoms with Gasteiger partial charge in [0, 0.05) is 5.57 Å². The van der Waals surface area contributed by atoms with Gasteiger partial charge in [-0.25, -0.2) is 9.59 Å². The molecular weight excluding hydrogens is 180 g/mol. The lowest BCUT2D eigenvalue weighted by Gasteiger charge is -2.20. The Morgan fingerprint density at radius 2 is 2.07 bits per heavy atom. The largest absolute Gasteiger partial charge is 0.240 e. The lowest BCUT2D eigenvalue weighted by molar-refractivity contribution is 0.561. The monoisotopic (exact) mass is 188 g/mol. The zero-order valence-corrected chi connectivity index (χ0v) is 7.49. The molecule has 0 aromatic carbocycles. The summed E-state index contributed by atoms with van der Waals surface area (Å²) in [5, 5.41) is 0. The molecule has 1 atom stereocenters. The van der Waals surface area contributed by atoms with E-state index in [1.807, 2.05) is 0 Å². The van der Waals surface area contributed by atoms with Gasteiger partial charge >= 0.3 is 0 Å². The van der Waals surface area contributed by atoms with Crippen molar-refractivity contribution in [3.63, 3.8) is 0 Å². The first kappa shape index (κ1) is 10.1. The molecule has 4 heteroatoms. The van der Waals surface area contributed by atoms with Crippen LogP contribution >= 0.6 is 0 Å². The van der Waals surface area contributed by atoms with E-state index in [4.69, 9.17) is 0 Å². The first-order valence-electron chi connectivity index (χ1n) is 3.92. The highest BCUT2D eigenvalue weighted by molar-refractivity contribution is 5.51. The van der Waals surface area contributed by atoms with Gasteiger partial charge in [-0.2, -0.15) is 9.98 Å². The quantitative estimate of drug-likeness (QED) is 0.374. The molecular formula is C10H8N2O2. The van der Waals surface area contributed by atoms with Crippen LogP contribution < -0.4 is 0 Å². The summed E-state index contributed by atoms with van der Waals surface area (Å²) in [6, 6.07) is -0.510. The Morgan fingerprint density at radius 1 is 1.36 bits per heavy atom. The third kappa shape index (κ3) is 1.83. The summed E-state index contributed by atoms with van der Waals surface area (Å²) in [6.07, 6.45) is 5.09. The lowest BCUT2D eigenvalue weighted by atomic mass is 9.91. The van der Waals surface area contributed by atoms with Crippen LogP contribution in [-0.4, -0.2) is 18.2 Å².